The molecule has 2 aromatic heterocycles. The van der Waals surface area contributed by atoms with Crippen molar-refractivity contribution in [1.82, 2.24) is 15.0 Å². The maximum absolute atomic E-state index is 12.1. The van der Waals surface area contributed by atoms with Gasteiger partial charge in [0, 0.05) is 31.9 Å². The van der Waals surface area contributed by atoms with E-state index in [1.165, 1.54) is 7.11 Å². The van der Waals surface area contributed by atoms with Gasteiger partial charge in [-0.3, -0.25) is 14.7 Å². The summed E-state index contributed by atoms with van der Waals surface area (Å²) < 4.78 is 10.5. The molecule has 0 saturated carbocycles. The predicted molar refractivity (Wildman–Crippen MR) is 98.1 cm³/mol. The Balaban J connectivity index is 1.73. The molecule has 26 heavy (non-hydrogen) atoms. The van der Waals surface area contributed by atoms with E-state index in [1.807, 2.05) is 24.3 Å². The van der Waals surface area contributed by atoms with Crippen LogP contribution in [0.3, 0.4) is 0 Å². The zero-order valence-corrected chi connectivity index (χ0v) is 15.9. The summed E-state index contributed by atoms with van der Waals surface area (Å²) in [6.45, 7) is 8.95. The first-order chi connectivity index (χ1) is 12.4. The molecule has 2 unspecified atom stereocenters. The van der Waals surface area contributed by atoms with E-state index in [0.29, 0.717) is 24.8 Å². The molecule has 140 valence electrons. The Hall–Kier alpha value is -2.21. The molecule has 1 aliphatic rings. The lowest BCUT2D eigenvalue weighted by molar-refractivity contribution is -0.149. The minimum absolute atomic E-state index is 0.0971. The van der Waals surface area contributed by atoms with Gasteiger partial charge in [-0.25, -0.2) is 0 Å². The summed E-state index contributed by atoms with van der Waals surface area (Å²) in [4.78, 5) is 18.7. The number of aromatic nitrogens is 2. The van der Waals surface area contributed by atoms with E-state index in [9.17, 15) is 4.79 Å². The van der Waals surface area contributed by atoms with Crippen LogP contribution in [0.1, 0.15) is 32.9 Å². The molecule has 0 N–H and O–H groups in total. The van der Waals surface area contributed by atoms with Crippen LogP contribution in [0.2, 0.25) is 0 Å². The number of likely N-dealkylation sites (tertiary alicyclic amines) is 1. The zero-order chi connectivity index (χ0) is 18.7. The Labute approximate surface area is 154 Å². The standard InChI is InChI=1S/C20H27N3O3/c1-20(2,3)15-9-14(19(24)25-4)11-23(12-15)13-16-10-18(26-22-16)17-7-5-6-8-21-17/h5-8,10,14-15H,9,11-13H2,1-4H3. The molecule has 1 saturated heterocycles. The maximum atomic E-state index is 12.1. The van der Waals surface area contributed by atoms with Crippen LogP contribution in [0.25, 0.3) is 11.5 Å². The van der Waals surface area contributed by atoms with E-state index in [-0.39, 0.29) is 17.3 Å². The smallest absolute Gasteiger partial charge is 0.309 e. The van der Waals surface area contributed by atoms with Gasteiger partial charge in [-0.05, 0) is 29.9 Å². The molecule has 6 heteroatoms. The van der Waals surface area contributed by atoms with E-state index in [1.54, 1.807) is 6.20 Å². The molecule has 1 aliphatic heterocycles. The molecule has 2 atom stereocenters. The summed E-state index contributed by atoms with van der Waals surface area (Å²) in [7, 11) is 1.46. The van der Waals surface area contributed by atoms with E-state index < -0.39 is 0 Å². The van der Waals surface area contributed by atoms with Gasteiger partial charge in [0.2, 0.25) is 0 Å². The topological polar surface area (TPSA) is 68.5 Å². The third kappa shape index (κ3) is 4.30. The summed E-state index contributed by atoms with van der Waals surface area (Å²) in [6.07, 6.45) is 2.60. The van der Waals surface area contributed by atoms with E-state index >= 15 is 0 Å². The summed E-state index contributed by atoms with van der Waals surface area (Å²) in [5.74, 6) is 0.857. The number of carbonyl (C=O) groups is 1. The highest BCUT2D eigenvalue weighted by Gasteiger charge is 2.37. The number of rotatable bonds is 4. The van der Waals surface area contributed by atoms with Gasteiger partial charge < -0.3 is 9.26 Å². The fourth-order valence-corrected chi connectivity index (χ4v) is 3.53. The third-order valence-corrected chi connectivity index (χ3v) is 5.15. The Morgan fingerprint density at radius 1 is 1.35 bits per heavy atom. The minimum atomic E-state index is -0.127. The molecule has 0 aromatic carbocycles. The quantitative estimate of drug-likeness (QED) is 0.781. The molecule has 0 radical (unpaired) electrons. The summed E-state index contributed by atoms with van der Waals surface area (Å²) in [6, 6.07) is 7.61. The second-order valence-electron chi connectivity index (χ2n) is 8.11. The molecular formula is C20H27N3O3. The first kappa shape index (κ1) is 18.6. The molecule has 3 rings (SSSR count). The van der Waals surface area contributed by atoms with Crippen LogP contribution >= 0.6 is 0 Å². The van der Waals surface area contributed by atoms with Gasteiger partial charge in [-0.15, -0.1) is 0 Å². The minimum Gasteiger partial charge on any atom is -0.469 e. The highest BCUT2D eigenvalue weighted by Crippen LogP contribution is 2.36. The Bertz CT molecular complexity index is 736. The van der Waals surface area contributed by atoms with Crippen LogP contribution in [0.4, 0.5) is 0 Å². The Morgan fingerprint density at radius 3 is 2.81 bits per heavy atom. The Kier molecular flexibility index (Phi) is 5.41. The molecule has 6 nitrogen and oxygen atoms in total. The van der Waals surface area contributed by atoms with Gasteiger partial charge in [0.25, 0.3) is 0 Å². The monoisotopic (exact) mass is 357 g/mol. The van der Waals surface area contributed by atoms with Crippen molar-refractivity contribution in [2.24, 2.45) is 17.3 Å². The maximum Gasteiger partial charge on any atom is 0.309 e. The van der Waals surface area contributed by atoms with Crippen LogP contribution in [-0.2, 0) is 16.1 Å². The average molecular weight is 357 g/mol. The first-order valence-corrected chi connectivity index (χ1v) is 9.04. The number of esters is 1. The molecule has 3 heterocycles. The molecule has 0 spiro atoms. The van der Waals surface area contributed by atoms with Gasteiger partial charge >= 0.3 is 5.97 Å². The predicted octanol–water partition coefficient (Wildman–Crippen LogP) is 3.39. The van der Waals surface area contributed by atoms with Crippen LogP contribution in [-0.4, -0.2) is 41.2 Å². The van der Waals surface area contributed by atoms with E-state index in [0.717, 1.165) is 24.4 Å². The second-order valence-corrected chi connectivity index (χ2v) is 8.11. The lowest BCUT2D eigenvalue weighted by Gasteiger charge is -2.42. The highest BCUT2D eigenvalue weighted by molar-refractivity contribution is 5.72. The van der Waals surface area contributed by atoms with Gasteiger partial charge in [-0.1, -0.05) is 32.0 Å². The normalized spacial score (nSPS) is 21.5. The molecule has 1 fully saturated rings. The van der Waals surface area contributed by atoms with Crippen molar-refractivity contribution < 1.29 is 14.1 Å². The second kappa shape index (κ2) is 7.58. The lowest BCUT2D eigenvalue weighted by Crippen LogP contribution is -2.46. The number of methoxy groups -OCH3 is 1. The number of hydrogen-bond acceptors (Lipinski definition) is 6. The van der Waals surface area contributed by atoms with E-state index in [4.69, 9.17) is 9.26 Å². The van der Waals surface area contributed by atoms with Gasteiger partial charge in [-0.2, -0.15) is 0 Å². The third-order valence-electron chi connectivity index (χ3n) is 5.15. The van der Waals surface area contributed by atoms with Gasteiger partial charge in [0.15, 0.2) is 5.76 Å². The highest BCUT2D eigenvalue weighted by atomic mass is 16.5. The average Bonchev–Trinajstić information content (AvgIpc) is 3.09. The van der Waals surface area contributed by atoms with Gasteiger partial charge in [0.05, 0.1) is 18.7 Å². The van der Waals surface area contributed by atoms with Crippen molar-refractivity contribution >= 4 is 5.97 Å². The van der Waals surface area contributed by atoms with Crippen LogP contribution in [0.15, 0.2) is 35.0 Å². The summed E-state index contributed by atoms with van der Waals surface area (Å²) >= 11 is 0. The number of nitrogens with zero attached hydrogens (tertiary/aromatic N) is 3. The summed E-state index contributed by atoms with van der Waals surface area (Å²) in [5, 5.41) is 4.19. The number of ether oxygens (including phenoxy) is 1. The lowest BCUT2D eigenvalue weighted by atomic mass is 9.73. The van der Waals surface area contributed by atoms with Crippen molar-refractivity contribution in [2.45, 2.75) is 33.7 Å². The number of carbonyl (C=O) groups excluding carboxylic acids is 1. The first-order valence-electron chi connectivity index (χ1n) is 9.04. The van der Waals surface area contributed by atoms with Crippen molar-refractivity contribution in [1.29, 1.82) is 0 Å². The van der Waals surface area contributed by atoms with Crippen molar-refractivity contribution in [3.63, 3.8) is 0 Å². The fourth-order valence-electron chi connectivity index (χ4n) is 3.53. The zero-order valence-electron chi connectivity index (χ0n) is 15.9. The van der Waals surface area contributed by atoms with Crippen molar-refractivity contribution in [3.8, 4) is 11.5 Å². The number of piperidine rings is 1. The summed E-state index contributed by atoms with van der Waals surface area (Å²) in [5.41, 5.74) is 1.75. The molecule has 0 bridgehead atoms. The van der Waals surface area contributed by atoms with Crippen LogP contribution < -0.4 is 0 Å². The molecule has 0 aliphatic carbocycles. The SMILES string of the molecule is COC(=O)C1CC(C(C)(C)C)CN(Cc2cc(-c3ccccn3)on2)C1. The van der Waals surface area contributed by atoms with E-state index in [2.05, 4.69) is 35.8 Å². The van der Waals surface area contributed by atoms with Crippen molar-refractivity contribution in [2.75, 3.05) is 20.2 Å². The number of hydrogen-bond donors (Lipinski definition) is 0. The molecule has 2 aromatic rings. The van der Waals surface area contributed by atoms with Crippen LogP contribution in [0, 0.1) is 17.3 Å². The molecular weight excluding hydrogens is 330 g/mol. The Morgan fingerprint density at radius 2 is 2.15 bits per heavy atom. The fraction of sp³-hybridized carbons (Fsp3) is 0.550. The molecule has 0 amide bonds. The van der Waals surface area contributed by atoms with Crippen LogP contribution in [0.5, 0.6) is 0 Å². The van der Waals surface area contributed by atoms with Gasteiger partial charge in [0.1, 0.15) is 5.69 Å². The largest absolute Gasteiger partial charge is 0.469 e. The van der Waals surface area contributed by atoms with Crippen molar-refractivity contribution in [3.05, 3.63) is 36.2 Å². The number of pyridine rings is 1.